The zero-order valence-electron chi connectivity index (χ0n) is 11.7. The summed E-state index contributed by atoms with van der Waals surface area (Å²) in [5.41, 5.74) is -1.28. The number of aromatic nitrogens is 2. The Kier molecular flexibility index (Phi) is 3.68. The zero-order chi connectivity index (χ0) is 16.7. The molecule has 2 N–H and O–H groups in total. The summed E-state index contributed by atoms with van der Waals surface area (Å²) in [7, 11) is -1.64. The Labute approximate surface area is 130 Å². The summed E-state index contributed by atoms with van der Waals surface area (Å²) in [6.45, 7) is -0.153. The molecular weight excluding hydrogens is 330 g/mol. The van der Waals surface area contributed by atoms with Gasteiger partial charge in [0.15, 0.2) is 5.82 Å². The SMILES string of the molecule is CS(=O)c1nc2c(c(=O)[nH]1)CNC(=O)N2c1c(F)cccc1F. The number of amides is 2. The van der Waals surface area contributed by atoms with Crippen LogP contribution in [-0.4, -0.2) is 26.5 Å². The molecule has 1 atom stereocenters. The fourth-order valence-corrected chi connectivity index (χ4v) is 2.65. The molecule has 2 amide bonds. The van der Waals surface area contributed by atoms with Crippen LogP contribution >= 0.6 is 0 Å². The predicted octanol–water partition coefficient (Wildman–Crippen LogP) is 1.15. The van der Waals surface area contributed by atoms with Crippen LogP contribution in [0.2, 0.25) is 0 Å². The molecule has 0 spiro atoms. The van der Waals surface area contributed by atoms with E-state index in [2.05, 4.69) is 15.3 Å². The van der Waals surface area contributed by atoms with Crippen molar-refractivity contribution in [2.75, 3.05) is 11.2 Å². The number of H-pyrrole nitrogens is 1. The number of urea groups is 1. The number of hydrogen-bond acceptors (Lipinski definition) is 4. The smallest absolute Gasteiger partial charge is 0.328 e. The van der Waals surface area contributed by atoms with Crippen LogP contribution < -0.4 is 15.8 Å². The van der Waals surface area contributed by atoms with Crippen LogP contribution in [0, 0.1) is 11.6 Å². The summed E-state index contributed by atoms with van der Waals surface area (Å²) in [6.07, 6.45) is 1.28. The van der Waals surface area contributed by atoms with Crippen molar-refractivity contribution < 1.29 is 17.8 Å². The van der Waals surface area contributed by atoms with E-state index in [1.165, 1.54) is 6.26 Å². The number of fused-ring (bicyclic) bond motifs is 1. The third-order valence-electron chi connectivity index (χ3n) is 3.24. The highest BCUT2D eigenvalue weighted by molar-refractivity contribution is 7.84. The van der Waals surface area contributed by atoms with Crippen LogP contribution in [0.1, 0.15) is 5.56 Å². The molecule has 23 heavy (non-hydrogen) atoms. The van der Waals surface area contributed by atoms with Gasteiger partial charge < -0.3 is 5.32 Å². The van der Waals surface area contributed by atoms with Gasteiger partial charge in [-0.25, -0.2) is 23.5 Å². The van der Waals surface area contributed by atoms with Crippen molar-refractivity contribution in [3.8, 4) is 0 Å². The van der Waals surface area contributed by atoms with Crippen LogP contribution in [0.15, 0.2) is 28.2 Å². The Hall–Kier alpha value is -2.62. The van der Waals surface area contributed by atoms with Gasteiger partial charge in [0, 0.05) is 6.26 Å². The molecule has 120 valence electrons. The molecule has 0 saturated heterocycles. The summed E-state index contributed by atoms with van der Waals surface area (Å²) in [5.74, 6) is -2.23. The second kappa shape index (κ2) is 5.54. The predicted molar refractivity (Wildman–Crippen MR) is 77.9 cm³/mol. The third-order valence-corrected chi connectivity index (χ3v) is 3.97. The van der Waals surface area contributed by atoms with Gasteiger partial charge in [0.2, 0.25) is 5.16 Å². The number of hydrogen-bond donors (Lipinski definition) is 2. The summed E-state index contributed by atoms with van der Waals surface area (Å²) in [4.78, 5) is 31.0. The Morgan fingerprint density at radius 1 is 1.26 bits per heavy atom. The number of halogens is 2. The van der Waals surface area contributed by atoms with Crippen molar-refractivity contribution in [1.82, 2.24) is 15.3 Å². The lowest BCUT2D eigenvalue weighted by Crippen LogP contribution is -2.45. The molecule has 7 nitrogen and oxygen atoms in total. The zero-order valence-corrected chi connectivity index (χ0v) is 12.5. The molecule has 2 heterocycles. The highest BCUT2D eigenvalue weighted by Gasteiger charge is 2.33. The average Bonchev–Trinajstić information content (AvgIpc) is 2.48. The van der Waals surface area contributed by atoms with Crippen LogP contribution in [-0.2, 0) is 17.3 Å². The average molecular weight is 340 g/mol. The quantitative estimate of drug-likeness (QED) is 0.802. The van der Waals surface area contributed by atoms with E-state index in [0.717, 1.165) is 18.2 Å². The lowest BCUT2D eigenvalue weighted by Gasteiger charge is -2.28. The number of anilines is 2. The fraction of sp³-hybridized carbons (Fsp3) is 0.154. The van der Waals surface area contributed by atoms with Gasteiger partial charge in [0.25, 0.3) is 5.56 Å². The van der Waals surface area contributed by atoms with Crippen LogP contribution in [0.3, 0.4) is 0 Å². The van der Waals surface area contributed by atoms with E-state index >= 15 is 0 Å². The molecule has 10 heteroatoms. The summed E-state index contributed by atoms with van der Waals surface area (Å²) >= 11 is 0. The Balaban J connectivity index is 2.31. The first-order valence-corrected chi connectivity index (χ1v) is 7.94. The first kappa shape index (κ1) is 15.3. The molecule has 1 aliphatic rings. The maximum atomic E-state index is 14.0. The van der Waals surface area contributed by atoms with Crippen molar-refractivity contribution >= 4 is 28.3 Å². The molecule has 3 rings (SSSR count). The maximum Gasteiger partial charge on any atom is 0.328 e. The van der Waals surface area contributed by atoms with Gasteiger partial charge in [-0.1, -0.05) is 6.07 Å². The minimum absolute atomic E-state index is 0.0152. The second-order valence-electron chi connectivity index (χ2n) is 4.69. The monoisotopic (exact) mass is 340 g/mol. The van der Waals surface area contributed by atoms with Gasteiger partial charge in [-0.3, -0.25) is 14.0 Å². The molecule has 0 bridgehead atoms. The van der Waals surface area contributed by atoms with Crippen molar-refractivity contribution in [3.05, 3.63) is 45.8 Å². The number of benzene rings is 1. The molecule has 2 aromatic rings. The second-order valence-corrected chi connectivity index (χ2v) is 5.99. The summed E-state index contributed by atoms with van der Waals surface area (Å²) in [5, 5.41) is 2.16. The number of carbonyl (C=O) groups excluding carboxylic acids is 1. The number of nitrogens with zero attached hydrogens (tertiary/aromatic N) is 2. The molecule has 1 unspecified atom stereocenters. The number of aromatic amines is 1. The lowest BCUT2D eigenvalue weighted by atomic mass is 10.2. The van der Waals surface area contributed by atoms with Gasteiger partial charge in [-0.15, -0.1) is 0 Å². The Morgan fingerprint density at radius 3 is 2.52 bits per heavy atom. The topological polar surface area (TPSA) is 95.2 Å². The summed E-state index contributed by atoms with van der Waals surface area (Å²) in [6, 6.07) is 2.26. The van der Waals surface area contributed by atoms with Gasteiger partial charge >= 0.3 is 6.03 Å². The van der Waals surface area contributed by atoms with Crippen LogP contribution in [0.25, 0.3) is 0 Å². The van der Waals surface area contributed by atoms with Crippen LogP contribution in [0.4, 0.5) is 25.1 Å². The van der Waals surface area contributed by atoms with E-state index < -0.39 is 39.7 Å². The molecule has 0 saturated carbocycles. The standard InChI is InChI=1S/C13H10F2N4O3S/c1-23(22)12-17-10-6(11(20)18-12)5-16-13(21)19(10)9-7(14)3-2-4-8(9)15/h2-4H,5H2,1H3,(H,16,21)(H,17,18,20). The molecule has 1 aliphatic heterocycles. The fourth-order valence-electron chi connectivity index (χ4n) is 2.20. The van der Waals surface area contributed by atoms with E-state index in [9.17, 15) is 22.6 Å². The van der Waals surface area contributed by atoms with E-state index in [0.29, 0.717) is 4.90 Å². The van der Waals surface area contributed by atoms with Crippen molar-refractivity contribution in [1.29, 1.82) is 0 Å². The first-order valence-electron chi connectivity index (χ1n) is 6.38. The third kappa shape index (κ3) is 2.50. The highest BCUT2D eigenvalue weighted by atomic mass is 32.2. The molecule has 1 aromatic heterocycles. The molecule has 1 aromatic carbocycles. The molecule has 0 aliphatic carbocycles. The van der Waals surface area contributed by atoms with Crippen molar-refractivity contribution in [3.63, 3.8) is 0 Å². The lowest BCUT2D eigenvalue weighted by molar-refractivity contribution is 0.246. The van der Waals surface area contributed by atoms with E-state index in [-0.39, 0.29) is 23.1 Å². The maximum absolute atomic E-state index is 14.0. The van der Waals surface area contributed by atoms with E-state index in [4.69, 9.17) is 0 Å². The van der Waals surface area contributed by atoms with Gasteiger partial charge in [0.1, 0.15) is 17.3 Å². The minimum atomic E-state index is -1.64. The molecule has 0 fully saturated rings. The van der Waals surface area contributed by atoms with E-state index in [1.807, 2.05) is 0 Å². The summed E-state index contributed by atoms with van der Waals surface area (Å²) < 4.78 is 39.6. The number of rotatable bonds is 2. The first-order chi connectivity index (χ1) is 10.9. The van der Waals surface area contributed by atoms with E-state index in [1.54, 1.807) is 0 Å². The van der Waals surface area contributed by atoms with Gasteiger partial charge in [-0.05, 0) is 12.1 Å². The molecule has 0 radical (unpaired) electrons. The normalized spacial score (nSPS) is 15.1. The molecular formula is C13H10F2N4O3S. The number of carbonyl (C=O) groups is 1. The number of para-hydroxylation sites is 1. The minimum Gasteiger partial charge on any atom is -0.333 e. The Morgan fingerprint density at radius 2 is 1.91 bits per heavy atom. The van der Waals surface area contributed by atoms with Gasteiger partial charge in [-0.2, -0.15) is 0 Å². The number of nitrogens with one attached hydrogen (secondary N) is 2. The van der Waals surface area contributed by atoms with Crippen molar-refractivity contribution in [2.45, 2.75) is 11.7 Å². The van der Waals surface area contributed by atoms with Crippen LogP contribution in [0.5, 0.6) is 0 Å². The largest absolute Gasteiger partial charge is 0.333 e. The van der Waals surface area contributed by atoms with Crippen molar-refractivity contribution in [2.24, 2.45) is 0 Å². The Bertz CT molecular complexity index is 879. The highest BCUT2D eigenvalue weighted by Crippen LogP contribution is 2.32. The van der Waals surface area contributed by atoms with Gasteiger partial charge in [0.05, 0.1) is 22.9 Å².